The van der Waals surface area contributed by atoms with E-state index in [-0.39, 0.29) is 5.56 Å². The summed E-state index contributed by atoms with van der Waals surface area (Å²) in [6, 6.07) is 12.2. The first-order valence-electron chi connectivity index (χ1n) is 7.36. The van der Waals surface area contributed by atoms with Crippen LogP contribution in [-0.2, 0) is 13.1 Å². The van der Waals surface area contributed by atoms with Gasteiger partial charge in [-0.2, -0.15) is 0 Å². The van der Waals surface area contributed by atoms with E-state index in [1.54, 1.807) is 36.4 Å². The molecular formula is C17H12ClN3O3. The van der Waals surface area contributed by atoms with Crippen molar-refractivity contribution in [2.75, 3.05) is 0 Å². The molecule has 120 valence electrons. The van der Waals surface area contributed by atoms with E-state index in [0.29, 0.717) is 40.1 Å². The van der Waals surface area contributed by atoms with Gasteiger partial charge in [-0.15, -0.1) is 0 Å². The molecule has 0 fully saturated rings. The van der Waals surface area contributed by atoms with Crippen LogP contribution < -0.4 is 11.3 Å². The number of benzene rings is 2. The highest BCUT2D eigenvalue weighted by Crippen LogP contribution is 2.14. The van der Waals surface area contributed by atoms with Gasteiger partial charge in [-0.1, -0.05) is 23.7 Å². The van der Waals surface area contributed by atoms with Crippen molar-refractivity contribution in [3.05, 3.63) is 74.7 Å². The highest BCUT2D eigenvalue weighted by molar-refractivity contribution is 6.31. The van der Waals surface area contributed by atoms with Crippen LogP contribution in [0.5, 0.6) is 0 Å². The van der Waals surface area contributed by atoms with E-state index < -0.39 is 5.76 Å². The average molecular weight is 342 g/mol. The highest BCUT2D eigenvalue weighted by Gasteiger charge is 2.10. The molecule has 2 heterocycles. The zero-order valence-electron chi connectivity index (χ0n) is 12.5. The van der Waals surface area contributed by atoms with E-state index in [2.05, 4.69) is 4.98 Å². The van der Waals surface area contributed by atoms with Crippen LogP contribution in [0.4, 0.5) is 0 Å². The predicted octanol–water partition coefficient (Wildman–Crippen LogP) is 2.66. The average Bonchev–Trinajstić information content (AvgIpc) is 2.90. The molecule has 0 unspecified atom stereocenters. The summed E-state index contributed by atoms with van der Waals surface area (Å²) in [6.45, 7) is 0.612. The van der Waals surface area contributed by atoms with Gasteiger partial charge in [0.15, 0.2) is 5.58 Å². The number of halogens is 1. The molecule has 0 atom stereocenters. The van der Waals surface area contributed by atoms with Gasteiger partial charge in [0.2, 0.25) is 0 Å². The zero-order chi connectivity index (χ0) is 16.7. The number of hydrogen-bond acceptors (Lipinski definition) is 4. The van der Waals surface area contributed by atoms with Crippen molar-refractivity contribution in [1.29, 1.82) is 0 Å². The topological polar surface area (TPSA) is 70.0 Å². The van der Waals surface area contributed by atoms with Crippen LogP contribution in [0.3, 0.4) is 0 Å². The minimum atomic E-state index is -0.443. The van der Waals surface area contributed by atoms with Crippen LogP contribution in [-0.4, -0.2) is 14.1 Å². The van der Waals surface area contributed by atoms with Crippen LogP contribution in [0.15, 0.2) is 62.8 Å². The van der Waals surface area contributed by atoms with Crippen LogP contribution in [0.1, 0.15) is 0 Å². The van der Waals surface area contributed by atoms with E-state index in [1.165, 1.54) is 15.5 Å². The molecule has 0 saturated heterocycles. The predicted molar refractivity (Wildman–Crippen MR) is 91.5 cm³/mol. The monoisotopic (exact) mass is 341 g/mol. The van der Waals surface area contributed by atoms with E-state index >= 15 is 0 Å². The quantitative estimate of drug-likeness (QED) is 0.574. The Balaban J connectivity index is 1.72. The van der Waals surface area contributed by atoms with Gasteiger partial charge in [0.1, 0.15) is 0 Å². The van der Waals surface area contributed by atoms with Gasteiger partial charge in [0.25, 0.3) is 5.56 Å². The molecule has 0 spiro atoms. The molecule has 4 aromatic rings. The molecule has 0 saturated carbocycles. The van der Waals surface area contributed by atoms with E-state index in [9.17, 15) is 9.59 Å². The summed E-state index contributed by atoms with van der Waals surface area (Å²) in [7, 11) is 0. The Kier molecular flexibility index (Phi) is 3.46. The second-order valence-electron chi connectivity index (χ2n) is 5.39. The van der Waals surface area contributed by atoms with Crippen molar-refractivity contribution in [2.24, 2.45) is 0 Å². The van der Waals surface area contributed by atoms with Crippen molar-refractivity contribution in [1.82, 2.24) is 14.1 Å². The van der Waals surface area contributed by atoms with Crippen molar-refractivity contribution >= 4 is 33.6 Å². The first-order chi connectivity index (χ1) is 11.6. The van der Waals surface area contributed by atoms with Crippen molar-refractivity contribution in [3.63, 3.8) is 0 Å². The van der Waals surface area contributed by atoms with Gasteiger partial charge < -0.3 is 4.42 Å². The number of fused-ring (bicyclic) bond motifs is 2. The van der Waals surface area contributed by atoms with Crippen molar-refractivity contribution in [3.8, 4) is 0 Å². The molecule has 0 radical (unpaired) electrons. The molecule has 6 nitrogen and oxygen atoms in total. The van der Waals surface area contributed by atoms with Crippen LogP contribution >= 0.6 is 11.6 Å². The van der Waals surface area contributed by atoms with Crippen LogP contribution in [0.25, 0.3) is 22.0 Å². The number of oxazole rings is 1. The fourth-order valence-corrected chi connectivity index (χ4v) is 2.90. The van der Waals surface area contributed by atoms with Gasteiger partial charge in [-0.25, -0.2) is 9.78 Å². The number of hydrogen-bond donors (Lipinski definition) is 0. The van der Waals surface area contributed by atoms with E-state index in [1.807, 2.05) is 6.07 Å². The van der Waals surface area contributed by atoms with Gasteiger partial charge in [0, 0.05) is 18.1 Å². The SMILES string of the molecule is O=c1c2cc(Cl)ccc2ncn1CCn1c(=O)oc2ccccc21. The highest BCUT2D eigenvalue weighted by atomic mass is 35.5. The van der Waals surface area contributed by atoms with E-state index in [0.717, 1.165) is 0 Å². The molecule has 2 aromatic carbocycles. The summed E-state index contributed by atoms with van der Waals surface area (Å²) in [5.41, 5.74) is 1.63. The summed E-state index contributed by atoms with van der Waals surface area (Å²) in [5.74, 6) is -0.443. The van der Waals surface area contributed by atoms with Crippen molar-refractivity contribution in [2.45, 2.75) is 13.1 Å². The molecule has 0 bridgehead atoms. The molecule has 24 heavy (non-hydrogen) atoms. The number of aryl methyl sites for hydroxylation is 2. The zero-order valence-corrected chi connectivity index (χ0v) is 13.2. The van der Waals surface area contributed by atoms with Crippen LogP contribution in [0.2, 0.25) is 5.02 Å². The lowest BCUT2D eigenvalue weighted by Crippen LogP contribution is -2.25. The molecule has 7 heteroatoms. The third kappa shape index (κ3) is 2.41. The number of para-hydroxylation sites is 2. The second-order valence-corrected chi connectivity index (χ2v) is 5.83. The summed E-state index contributed by atoms with van der Waals surface area (Å²) in [4.78, 5) is 28.8. The van der Waals surface area contributed by atoms with Crippen molar-refractivity contribution < 1.29 is 4.42 Å². The summed E-state index contributed by atoms with van der Waals surface area (Å²) in [6.07, 6.45) is 1.48. The molecule has 4 rings (SSSR count). The standard InChI is InChI=1S/C17H12ClN3O3/c18-11-5-6-13-12(9-11)16(22)20(10-19-13)7-8-21-14-3-1-2-4-15(14)24-17(21)23/h1-6,9-10H,7-8H2. The lowest BCUT2D eigenvalue weighted by Gasteiger charge is -2.07. The largest absolute Gasteiger partial charge is 0.420 e. The van der Waals surface area contributed by atoms with Gasteiger partial charge in [-0.05, 0) is 30.3 Å². The summed E-state index contributed by atoms with van der Waals surface area (Å²) >= 11 is 5.95. The molecule has 0 aliphatic heterocycles. The maximum Gasteiger partial charge on any atom is 0.420 e. The second kappa shape index (κ2) is 5.65. The Hall–Kier alpha value is -2.86. The summed E-state index contributed by atoms with van der Waals surface area (Å²) in [5, 5.41) is 0.936. The minimum absolute atomic E-state index is 0.191. The number of rotatable bonds is 3. The number of nitrogens with zero attached hydrogens (tertiary/aromatic N) is 3. The number of aromatic nitrogens is 3. The first-order valence-corrected chi connectivity index (χ1v) is 7.74. The fourth-order valence-electron chi connectivity index (χ4n) is 2.72. The first kappa shape index (κ1) is 14.7. The van der Waals surface area contributed by atoms with Gasteiger partial charge >= 0.3 is 5.76 Å². The Morgan fingerprint density at radius 1 is 1.08 bits per heavy atom. The molecule has 0 N–H and O–H groups in total. The lowest BCUT2D eigenvalue weighted by atomic mass is 10.2. The van der Waals surface area contributed by atoms with E-state index in [4.69, 9.17) is 16.0 Å². The molecular weight excluding hydrogens is 330 g/mol. The fraction of sp³-hybridized carbons (Fsp3) is 0.118. The third-order valence-corrected chi connectivity index (χ3v) is 4.16. The molecule has 0 aliphatic carbocycles. The smallest absolute Gasteiger partial charge is 0.408 e. The summed E-state index contributed by atoms with van der Waals surface area (Å²) < 4.78 is 8.16. The third-order valence-electron chi connectivity index (χ3n) is 3.92. The maximum atomic E-state index is 12.5. The molecule has 0 amide bonds. The maximum absolute atomic E-state index is 12.5. The van der Waals surface area contributed by atoms with Gasteiger partial charge in [-0.3, -0.25) is 13.9 Å². The Morgan fingerprint density at radius 2 is 1.92 bits per heavy atom. The molecule has 0 aliphatic rings. The minimum Gasteiger partial charge on any atom is -0.408 e. The van der Waals surface area contributed by atoms with Crippen LogP contribution in [0, 0.1) is 0 Å². The molecule has 2 aromatic heterocycles. The Bertz CT molecular complexity index is 1170. The Labute approximate surface area is 140 Å². The normalized spacial score (nSPS) is 11.4. The lowest BCUT2D eigenvalue weighted by molar-refractivity contribution is 0.480. The van der Waals surface area contributed by atoms with Gasteiger partial charge in [0.05, 0.1) is 22.7 Å². The Morgan fingerprint density at radius 3 is 2.79 bits per heavy atom.